The number of aromatic hydroxyl groups is 1. The van der Waals surface area contributed by atoms with E-state index < -0.39 is 5.60 Å². The molecule has 144 valence electrons. The lowest BCUT2D eigenvalue weighted by Gasteiger charge is -2.40. The first-order valence-corrected chi connectivity index (χ1v) is 9.40. The topological polar surface area (TPSA) is 53.0 Å². The van der Waals surface area contributed by atoms with Crippen molar-refractivity contribution >= 4 is 6.09 Å². The minimum absolute atomic E-state index is 0.0480. The van der Waals surface area contributed by atoms with Crippen molar-refractivity contribution in [2.75, 3.05) is 26.2 Å². The zero-order valence-corrected chi connectivity index (χ0v) is 16.3. The Morgan fingerprint density at radius 3 is 2.15 bits per heavy atom. The minimum atomic E-state index is -0.489. The highest BCUT2D eigenvalue weighted by atomic mass is 16.6. The summed E-state index contributed by atoms with van der Waals surface area (Å²) in [6.45, 7) is 8.28. The molecule has 1 heterocycles. The number of para-hydroxylation sites is 1. The fourth-order valence-electron chi connectivity index (χ4n) is 3.43. The molecule has 0 aromatic heterocycles. The highest BCUT2D eigenvalue weighted by Gasteiger charge is 2.31. The van der Waals surface area contributed by atoms with Crippen LogP contribution in [-0.2, 0) is 4.74 Å². The third-order valence-electron chi connectivity index (χ3n) is 4.68. The number of phenols is 1. The molecule has 5 nitrogen and oxygen atoms in total. The van der Waals surface area contributed by atoms with Crippen molar-refractivity contribution in [3.05, 3.63) is 65.7 Å². The van der Waals surface area contributed by atoms with E-state index in [0.29, 0.717) is 31.9 Å². The average Bonchev–Trinajstić information content (AvgIpc) is 2.64. The van der Waals surface area contributed by atoms with E-state index in [1.807, 2.05) is 57.2 Å². The lowest BCUT2D eigenvalue weighted by atomic mass is 9.95. The third kappa shape index (κ3) is 4.80. The molecule has 3 rings (SSSR count). The van der Waals surface area contributed by atoms with Crippen molar-refractivity contribution in [3.8, 4) is 5.75 Å². The molecule has 1 aliphatic rings. The number of benzene rings is 2. The van der Waals surface area contributed by atoms with Crippen LogP contribution in [0.4, 0.5) is 4.79 Å². The molecular formula is C22H28N2O3. The van der Waals surface area contributed by atoms with Crippen LogP contribution < -0.4 is 0 Å². The summed E-state index contributed by atoms with van der Waals surface area (Å²) < 4.78 is 5.49. The molecule has 2 aromatic carbocycles. The summed E-state index contributed by atoms with van der Waals surface area (Å²) in [6, 6.07) is 17.6. The number of hydrogen-bond donors (Lipinski definition) is 1. The van der Waals surface area contributed by atoms with Crippen LogP contribution in [0.5, 0.6) is 5.75 Å². The fraction of sp³-hybridized carbons (Fsp3) is 0.409. The maximum absolute atomic E-state index is 12.3. The van der Waals surface area contributed by atoms with E-state index in [0.717, 1.165) is 11.1 Å². The summed E-state index contributed by atoms with van der Waals surface area (Å²) in [5.74, 6) is 0.293. The monoisotopic (exact) mass is 368 g/mol. The third-order valence-corrected chi connectivity index (χ3v) is 4.68. The van der Waals surface area contributed by atoms with Crippen molar-refractivity contribution in [2.24, 2.45) is 0 Å². The first kappa shape index (κ1) is 19.2. The van der Waals surface area contributed by atoms with Crippen molar-refractivity contribution < 1.29 is 14.6 Å². The first-order valence-electron chi connectivity index (χ1n) is 9.40. The van der Waals surface area contributed by atoms with Gasteiger partial charge in [-0.3, -0.25) is 4.90 Å². The second kappa shape index (κ2) is 8.01. The molecule has 0 unspecified atom stereocenters. The first-order chi connectivity index (χ1) is 12.8. The van der Waals surface area contributed by atoms with E-state index in [-0.39, 0.29) is 12.1 Å². The molecule has 0 radical (unpaired) electrons. The summed E-state index contributed by atoms with van der Waals surface area (Å²) in [6.07, 6.45) is -0.263. The van der Waals surface area contributed by atoms with Gasteiger partial charge in [0.25, 0.3) is 0 Å². The predicted molar refractivity (Wildman–Crippen MR) is 106 cm³/mol. The zero-order valence-electron chi connectivity index (χ0n) is 16.3. The Balaban J connectivity index is 1.78. The Labute approximate surface area is 161 Å². The number of ether oxygens (including phenoxy) is 1. The van der Waals surface area contributed by atoms with Gasteiger partial charge in [-0.25, -0.2) is 4.79 Å². The van der Waals surface area contributed by atoms with Gasteiger partial charge in [-0.15, -0.1) is 0 Å². The van der Waals surface area contributed by atoms with Gasteiger partial charge in [0.2, 0.25) is 0 Å². The maximum atomic E-state index is 12.3. The van der Waals surface area contributed by atoms with E-state index in [1.54, 1.807) is 11.0 Å². The van der Waals surface area contributed by atoms with Crippen LogP contribution in [0.2, 0.25) is 0 Å². The van der Waals surface area contributed by atoms with E-state index in [9.17, 15) is 9.90 Å². The van der Waals surface area contributed by atoms with Crippen LogP contribution in [0.25, 0.3) is 0 Å². The molecule has 0 bridgehead atoms. The summed E-state index contributed by atoms with van der Waals surface area (Å²) in [7, 11) is 0. The lowest BCUT2D eigenvalue weighted by Crippen LogP contribution is -2.51. The van der Waals surface area contributed by atoms with Gasteiger partial charge in [0, 0.05) is 31.7 Å². The van der Waals surface area contributed by atoms with Crippen LogP contribution in [-0.4, -0.2) is 52.8 Å². The normalized spacial score (nSPS) is 16.8. The van der Waals surface area contributed by atoms with Gasteiger partial charge in [-0.05, 0) is 32.4 Å². The second-order valence-corrected chi connectivity index (χ2v) is 7.88. The molecule has 1 amide bonds. The molecule has 5 heteroatoms. The zero-order chi connectivity index (χ0) is 19.4. The molecular weight excluding hydrogens is 340 g/mol. The quantitative estimate of drug-likeness (QED) is 0.889. The van der Waals surface area contributed by atoms with Crippen molar-refractivity contribution in [1.82, 2.24) is 9.80 Å². The highest BCUT2D eigenvalue weighted by molar-refractivity contribution is 5.68. The number of piperazine rings is 1. The van der Waals surface area contributed by atoms with Gasteiger partial charge >= 0.3 is 6.09 Å². The SMILES string of the molecule is CC(C)(C)OC(=O)N1CCN([C@H](c2ccccc2)c2ccccc2O)CC1. The maximum Gasteiger partial charge on any atom is 0.410 e. The summed E-state index contributed by atoms with van der Waals surface area (Å²) in [4.78, 5) is 16.4. The molecule has 1 fully saturated rings. The molecule has 2 aromatic rings. The molecule has 1 saturated heterocycles. The van der Waals surface area contributed by atoms with Gasteiger partial charge < -0.3 is 14.7 Å². The van der Waals surface area contributed by atoms with Gasteiger partial charge in [-0.2, -0.15) is 0 Å². The number of rotatable bonds is 3. The molecule has 27 heavy (non-hydrogen) atoms. The molecule has 0 aliphatic carbocycles. The Morgan fingerprint density at radius 1 is 0.963 bits per heavy atom. The Morgan fingerprint density at radius 2 is 1.56 bits per heavy atom. The van der Waals surface area contributed by atoms with Crippen molar-refractivity contribution in [3.63, 3.8) is 0 Å². The number of nitrogens with zero attached hydrogens (tertiary/aromatic N) is 2. The number of carbonyl (C=O) groups excluding carboxylic acids is 1. The van der Waals surface area contributed by atoms with Crippen LogP contribution in [0, 0.1) is 0 Å². The summed E-state index contributed by atoms with van der Waals surface area (Å²) in [5.41, 5.74) is 1.52. The van der Waals surface area contributed by atoms with Gasteiger partial charge in [0.1, 0.15) is 11.4 Å². The fourth-order valence-corrected chi connectivity index (χ4v) is 3.43. The smallest absolute Gasteiger partial charge is 0.410 e. The second-order valence-electron chi connectivity index (χ2n) is 7.88. The van der Waals surface area contributed by atoms with E-state index in [4.69, 9.17) is 4.74 Å². The van der Waals surface area contributed by atoms with E-state index in [1.165, 1.54) is 0 Å². The lowest BCUT2D eigenvalue weighted by molar-refractivity contribution is 0.0118. The number of hydrogen-bond acceptors (Lipinski definition) is 4. The Hall–Kier alpha value is -2.53. The number of carbonyl (C=O) groups is 1. The van der Waals surface area contributed by atoms with Crippen LogP contribution in [0.15, 0.2) is 54.6 Å². The molecule has 0 saturated carbocycles. The van der Waals surface area contributed by atoms with Crippen molar-refractivity contribution in [2.45, 2.75) is 32.4 Å². The Kier molecular flexibility index (Phi) is 5.71. The largest absolute Gasteiger partial charge is 0.508 e. The molecule has 0 spiro atoms. The van der Waals surface area contributed by atoms with Gasteiger partial charge in [-0.1, -0.05) is 48.5 Å². The van der Waals surface area contributed by atoms with Crippen molar-refractivity contribution in [1.29, 1.82) is 0 Å². The van der Waals surface area contributed by atoms with Crippen LogP contribution in [0.1, 0.15) is 37.9 Å². The predicted octanol–water partition coefficient (Wildman–Crippen LogP) is 4.03. The number of phenolic OH excluding ortho intramolecular Hbond substituents is 1. The van der Waals surface area contributed by atoms with Gasteiger partial charge in [0.15, 0.2) is 0 Å². The average molecular weight is 368 g/mol. The molecule has 1 N–H and O–H groups in total. The van der Waals surface area contributed by atoms with Crippen LogP contribution in [0.3, 0.4) is 0 Å². The molecule has 1 aliphatic heterocycles. The van der Waals surface area contributed by atoms with Crippen LogP contribution >= 0.6 is 0 Å². The molecule has 1 atom stereocenters. The van der Waals surface area contributed by atoms with Gasteiger partial charge in [0.05, 0.1) is 6.04 Å². The number of amides is 1. The Bertz CT molecular complexity index is 763. The van der Waals surface area contributed by atoms with E-state index in [2.05, 4.69) is 17.0 Å². The summed E-state index contributed by atoms with van der Waals surface area (Å²) >= 11 is 0. The minimum Gasteiger partial charge on any atom is -0.508 e. The highest BCUT2D eigenvalue weighted by Crippen LogP contribution is 2.34. The van der Waals surface area contributed by atoms with E-state index >= 15 is 0 Å². The summed E-state index contributed by atoms with van der Waals surface area (Å²) in [5, 5.41) is 10.4. The standard InChI is InChI=1S/C22H28N2O3/c1-22(2,3)27-21(26)24-15-13-23(14-16-24)20(17-9-5-4-6-10-17)18-11-7-8-12-19(18)25/h4-12,20,25H,13-16H2,1-3H3/t20-/m1/s1.